The van der Waals surface area contributed by atoms with Crippen molar-refractivity contribution >= 4 is 22.6 Å². The number of hydrogen-bond acceptors (Lipinski definition) is 2. The van der Waals surface area contributed by atoms with Crippen molar-refractivity contribution < 1.29 is 8.95 Å². The molecule has 0 aliphatic carbocycles. The zero-order valence-electron chi connectivity index (χ0n) is 10.6. The van der Waals surface area contributed by atoms with Crippen LogP contribution in [-0.4, -0.2) is 15.6 Å². The summed E-state index contributed by atoms with van der Waals surface area (Å²) >= 11 is 6.04. The van der Waals surface area contributed by atoms with Gasteiger partial charge in [0.2, 0.25) is 0 Å². The number of benzene rings is 1. The van der Waals surface area contributed by atoms with E-state index in [0.717, 1.165) is 24.2 Å². The SMILES string of the molecule is CC(C)(C[C@H]1CCOc2ccc(Cl)cc21)S(N)=O. The van der Waals surface area contributed by atoms with Gasteiger partial charge in [-0.05, 0) is 56.4 Å². The normalized spacial score (nSPS) is 21.0. The van der Waals surface area contributed by atoms with Crippen LogP contribution in [0.15, 0.2) is 18.2 Å². The molecular weight excluding hydrogens is 270 g/mol. The van der Waals surface area contributed by atoms with Crippen molar-refractivity contribution in [1.82, 2.24) is 0 Å². The third kappa shape index (κ3) is 2.87. The summed E-state index contributed by atoms with van der Waals surface area (Å²) < 4.78 is 16.8. The molecule has 1 aromatic carbocycles. The van der Waals surface area contributed by atoms with Gasteiger partial charge in [-0.1, -0.05) is 11.6 Å². The lowest BCUT2D eigenvalue weighted by Crippen LogP contribution is -2.34. The molecule has 3 nitrogen and oxygen atoms in total. The zero-order chi connectivity index (χ0) is 13.3. The minimum Gasteiger partial charge on any atom is -0.493 e. The molecule has 2 atom stereocenters. The van der Waals surface area contributed by atoms with Gasteiger partial charge in [-0.3, -0.25) is 5.14 Å². The molecular formula is C13H18ClNO2S. The highest BCUT2D eigenvalue weighted by Gasteiger charge is 2.31. The molecule has 1 aromatic rings. The monoisotopic (exact) mass is 287 g/mol. The van der Waals surface area contributed by atoms with E-state index in [9.17, 15) is 4.21 Å². The maximum absolute atomic E-state index is 11.5. The van der Waals surface area contributed by atoms with E-state index in [1.54, 1.807) is 0 Å². The minimum absolute atomic E-state index is 0.301. The lowest BCUT2D eigenvalue weighted by molar-refractivity contribution is 0.258. The fourth-order valence-corrected chi connectivity index (χ4v) is 2.87. The number of fused-ring (bicyclic) bond motifs is 1. The Morgan fingerprint density at radius 2 is 2.28 bits per heavy atom. The molecule has 0 spiro atoms. The molecule has 5 heteroatoms. The maximum Gasteiger partial charge on any atom is 0.122 e. The summed E-state index contributed by atoms with van der Waals surface area (Å²) in [5.74, 6) is 1.18. The molecule has 1 aliphatic heterocycles. The third-order valence-electron chi connectivity index (χ3n) is 3.42. The number of rotatable bonds is 3. The topological polar surface area (TPSA) is 52.3 Å². The average molecular weight is 288 g/mol. The molecule has 0 aromatic heterocycles. The van der Waals surface area contributed by atoms with E-state index in [-0.39, 0.29) is 0 Å². The lowest BCUT2D eigenvalue weighted by atomic mass is 9.86. The first-order valence-corrected chi connectivity index (χ1v) is 7.58. The molecule has 0 bridgehead atoms. The van der Waals surface area contributed by atoms with Crippen molar-refractivity contribution in [1.29, 1.82) is 0 Å². The van der Waals surface area contributed by atoms with Crippen LogP contribution in [0.5, 0.6) is 5.75 Å². The predicted octanol–water partition coefficient (Wildman–Crippen LogP) is 3.00. The molecule has 1 unspecified atom stereocenters. The van der Waals surface area contributed by atoms with Crippen molar-refractivity contribution in [3.8, 4) is 5.75 Å². The fraction of sp³-hybridized carbons (Fsp3) is 0.538. The molecule has 2 rings (SSSR count). The molecule has 2 N–H and O–H groups in total. The van der Waals surface area contributed by atoms with Crippen LogP contribution < -0.4 is 9.88 Å². The van der Waals surface area contributed by atoms with E-state index in [2.05, 4.69) is 0 Å². The molecule has 18 heavy (non-hydrogen) atoms. The molecule has 0 amide bonds. The Labute approximate surface area is 115 Å². The van der Waals surface area contributed by atoms with Gasteiger partial charge < -0.3 is 4.74 Å². The lowest BCUT2D eigenvalue weighted by Gasteiger charge is -2.31. The standard InChI is InChI=1S/C13H18ClNO2S/c1-13(2,18(15)16)8-9-5-6-17-12-4-3-10(14)7-11(9)12/h3-4,7,9H,5-6,8,15H2,1-2H3/t9-,18?/m1/s1. The van der Waals surface area contributed by atoms with Crippen LogP contribution in [-0.2, 0) is 11.0 Å². The summed E-state index contributed by atoms with van der Waals surface area (Å²) in [5.41, 5.74) is 1.10. The molecule has 0 saturated carbocycles. The van der Waals surface area contributed by atoms with E-state index in [4.69, 9.17) is 21.5 Å². The van der Waals surface area contributed by atoms with Crippen LogP contribution in [0.4, 0.5) is 0 Å². The Morgan fingerprint density at radius 3 is 2.94 bits per heavy atom. The highest BCUT2D eigenvalue weighted by atomic mass is 35.5. The Bertz CT molecular complexity index is 476. The molecule has 1 heterocycles. The van der Waals surface area contributed by atoms with Crippen molar-refractivity contribution in [2.75, 3.05) is 6.61 Å². The summed E-state index contributed by atoms with van der Waals surface area (Å²) in [7, 11) is -1.33. The van der Waals surface area contributed by atoms with Crippen molar-refractivity contribution in [3.05, 3.63) is 28.8 Å². The zero-order valence-corrected chi connectivity index (χ0v) is 12.2. The van der Waals surface area contributed by atoms with Gasteiger partial charge in [-0.15, -0.1) is 0 Å². The number of nitrogens with two attached hydrogens (primary N) is 1. The first kappa shape index (κ1) is 13.8. The Balaban J connectivity index is 2.27. The van der Waals surface area contributed by atoms with Crippen LogP contribution in [0.3, 0.4) is 0 Å². The van der Waals surface area contributed by atoms with E-state index in [1.807, 2.05) is 32.0 Å². The first-order valence-electron chi connectivity index (χ1n) is 5.99. The summed E-state index contributed by atoms with van der Waals surface area (Å²) in [6, 6.07) is 5.67. The van der Waals surface area contributed by atoms with Crippen molar-refractivity contribution in [3.63, 3.8) is 0 Å². The van der Waals surface area contributed by atoms with Gasteiger partial charge in [-0.2, -0.15) is 0 Å². The predicted molar refractivity (Wildman–Crippen MR) is 75.3 cm³/mol. The van der Waals surface area contributed by atoms with Gasteiger partial charge in [0.25, 0.3) is 0 Å². The summed E-state index contributed by atoms with van der Waals surface area (Å²) in [6.45, 7) is 4.55. The average Bonchev–Trinajstić information content (AvgIpc) is 2.29. The molecule has 100 valence electrons. The van der Waals surface area contributed by atoms with Crippen LogP contribution >= 0.6 is 11.6 Å². The Morgan fingerprint density at radius 1 is 1.56 bits per heavy atom. The highest BCUT2D eigenvalue weighted by Crippen LogP contribution is 2.40. The van der Waals surface area contributed by atoms with Gasteiger partial charge in [0, 0.05) is 5.02 Å². The van der Waals surface area contributed by atoms with Crippen molar-refractivity contribution in [2.24, 2.45) is 5.14 Å². The Hall–Kier alpha value is -0.580. The summed E-state index contributed by atoms with van der Waals surface area (Å²) in [6.07, 6.45) is 1.68. The highest BCUT2D eigenvalue weighted by molar-refractivity contribution is 7.84. The van der Waals surface area contributed by atoms with Gasteiger partial charge in [-0.25, -0.2) is 4.21 Å². The van der Waals surface area contributed by atoms with E-state index in [0.29, 0.717) is 17.5 Å². The first-order chi connectivity index (χ1) is 8.40. The second-order valence-electron chi connectivity index (χ2n) is 5.28. The van der Waals surface area contributed by atoms with E-state index in [1.165, 1.54) is 0 Å². The summed E-state index contributed by atoms with van der Waals surface area (Å²) in [5, 5.41) is 6.26. The van der Waals surface area contributed by atoms with Crippen LogP contribution in [0.1, 0.15) is 38.2 Å². The molecule has 1 aliphatic rings. The third-order valence-corrected chi connectivity index (χ3v) is 4.91. The number of ether oxygens (including phenoxy) is 1. The van der Waals surface area contributed by atoms with Crippen molar-refractivity contribution in [2.45, 2.75) is 37.4 Å². The quantitative estimate of drug-likeness (QED) is 0.929. The molecule has 0 fully saturated rings. The van der Waals surface area contributed by atoms with E-state index < -0.39 is 15.7 Å². The van der Waals surface area contributed by atoms with Crippen LogP contribution in [0, 0.1) is 0 Å². The van der Waals surface area contributed by atoms with Gasteiger partial charge in [0.15, 0.2) is 0 Å². The fourth-order valence-electron chi connectivity index (χ4n) is 2.32. The van der Waals surface area contributed by atoms with Gasteiger partial charge in [0.1, 0.15) is 5.75 Å². The molecule has 0 radical (unpaired) electrons. The number of hydrogen-bond donors (Lipinski definition) is 1. The maximum atomic E-state index is 11.5. The minimum atomic E-state index is -1.33. The smallest absolute Gasteiger partial charge is 0.122 e. The second-order valence-corrected chi connectivity index (χ2v) is 7.41. The van der Waals surface area contributed by atoms with Gasteiger partial charge >= 0.3 is 0 Å². The molecule has 0 saturated heterocycles. The largest absolute Gasteiger partial charge is 0.493 e. The summed E-state index contributed by atoms with van der Waals surface area (Å²) in [4.78, 5) is 0. The van der Waals surface area contributed by atoms with E-state index >= 15 is 0 Å². The van der Waals surface area contributed by atoms with Crippen LogP contribution in [0.25, 0.3) is 0 Å². The van der Waals surface area contributed by atoms with Gasteiger partial charge in [0.05, 0.1) is 22.3 Å². The van der Waals surface area contributed by atoms with Crippen LogP contribution in [0.2, 0.25) is 5.02 Å². The second kappa shape index (κ2) is 5.19. The Kier molecular flexibility index (Phi) is 3.99. The number of halogens is 1.